The van der Waals surface area contributed by atoms with Crippen molar-refractivity contribution in [2.24, 2.45) is 0 Å². The highest BCUT2D eigenvalue weighted by Gasteiger charge is 2.29. The maximum atomic E-state index is 13.3. The summed E-state index contributed by atoms with van der Waals surface area (Å²) in [4.78, 5) is 14.8. The number of fused-ring (bicyclic) bond motifs is 1. The van der Waals surface area contributed by atoms with E-state index >= 15 is 0 Å². The fourth-order valence-corrected chi connectivity index (χ4v) is 5.51. The van der Waals surface area contributed by atoms with E-state index in [1.54, 1.807) is 18.4 Å². The van der Waals surface area contributed by atoms with Gasteiger partial charge < -0.3 is 9.73 Å². The van der Waals surface area contributed by atoms with E-state index in [0.29, 0.717) is 18.7 Å². The van der Waals surface area contributed by atoms with Crippen LogP contribution in [-0.2, 0) is 16.4 Å². The van der Waals surface area contributed by atoms with Crippen molar-refractivity contribution in [1.82, 2.24) is 10.2 Å². The lowest BCUT2D eigenvalue weighted by Crippen LogP contribution is -2.35. The first-order valence-electron chi connectivity index (χ1n) is 10.6. The second-order valence-electron chi connectivity index (χ2n) is 8.04. The number of likely N-dealkylation sites (N-methyl/N-ethyl adjacent to an activating group) is 1. The number of benzene rings is 2. The number of aryl methyl sites for hydroxylation is 1. The first-order chi connectivity index (χ1) is 15.4. The van der Waals surface area contributed by atoms with Crippen molar-refractivity contribution in [2.45, 2.75) is 23.8 Å². The minimum Gasteiger partial charge on any atom is -0.468 e. The third-order valence-corrected chi connectivity index (χ3v) is 7.55. The molecule has 3 aromatic rings. The number of carbonyl (C=O) groups is 1. The summed E-state index contributed by atoms with van der Waals surface area (Å²) in [5.74, 6) is 0.495. The Balaban J connectivity index is 1.48. The normalized spacial score (nSPS) is 14.8. The Hall–Kier alpha value is -3.10. The van der Waals surface area contributed by atoms with Gasteiger partial charge in [0.15, 0.2) is 0 Å². The molecule has 1 aliphatic heterocycles. The van der Waals surface area contributed by atoms with Gasteiger partial charge in [0.25, 0.3) is 15.9 Å². The monoisotopic (exact) mass is 453 g/mol. The highest BCUT2D eigenvalue weighted by molar-refractivity contribution is 7.92. The number of carbonyl (C=O) groups excluding carboxylic acids is 1. The van der Waals surface area contributed by atoms with Crippen LogP contribution in [-0.4, -0.2) is 46.4 Å². The maximum absolute atomic E-state index is 13.3. The van der Waals surface area contributed by atoms with E-state index in [2.05, 4.69) is 5.32 Å². The molecule has 1 aromatic heterocycles. The summed E-state index contributed by atoms with van der Waals surface area (Å²) < 4.78 is 33.5. The molecule has 32 heavy (non-hydrogen) atoms. The van der Waals surface area contributed by atoms with Crippen molar-refractivity contribution in [3.8, 4) is 0 Å². The van der Waals surface area contributed by atoms with E-state index in [1.165, 1.54) is 16.4 Å². The number of furan rings is 1. The molecule has 0 unspecified atom stereocenters. The van der Waals surface area contributed by atoms with Crippen LogP contribution < -0.4 is 9.62 Å². The number of amides is 1. The van der Waals surface area contributed by atoms with E-state index < -0.39 is 10.0 Å². The molecule has 0 radical (unpaired) electrons. The molecular formula is C24H27N3O4S. The standard InChI is InChI=1S/C24H27N3O4S/c1-26(2)22(23-10-6-16-31-23)17-25-24(28)19-11-13-20(14-12-19)32(29,30)27-15-5-8-18-7-3-4-9-21(18)27/h3-4,6-7,9-14,16,22H,5,8,15,17H2,1-2H3,(H,25,28)/t22-/m1/s1. The molecule has 0 fully saturated rings. The van der Waals surface area contributed by atoms with Gasteiger partial charge in [-0.05, 0) is 75.0 Å². The third kappa shape index (κ3) is 4.42. The van der Waals surface area contributed by atoms with Crippen LogP contribution in [0.5, 0.6) is 0 Å². The SMILES string of the molecule is CN(C)[C@H](CNC(=O)c1ccc(S(=O)(=O)N2CCCc3ccccc32)cc1)c1ccco1. The topological polar surface area (TPSA) is 82.9 Å². The first-order valence-corrected chi connectivity index (χ1v) is 12.0. The van der Waals surface area contributed by atoms with Crippen LogP contribution in [0.4, 0.5) is 5.69 Å². The molecule has 0 saturated carbocycles. The first kappa shape index (κ1) is 22.1. The third-order valence-electron chi connectivity index (χ3n) is 5.72. The van der Waals surface area contributed by atoms with Crippen LogP contribution in [0.3, 0.4) is 0 Å². The summed E-state index contributed by atoms with van der Waals surface area (Å²) in [7, 11) is 0.127. The van der Waals surface area contributed by atoms with Crippen LogP contribution in [0.15, 0.2) is 76.2 Å². The van der Waals surface area contributed by atoms with Gasteiger partial charge in [0, 0.05) is 18.7 Å². The van der Waals surface area contributed by atoms with Crippen molar-refractivity contribution in [3.05, 3.63) is 83.8 Å². The number of hydrogen-bond acceptors (Lipinski definition) is 5. The molecule has 1 atom stereocenters. The lowest BCUT2D eigenvalue weighted by molar-refractivity contribution is 0.0939. The number of hydrogen-bond donors (Lipinski definition) is 1. The molecule has 2 aromatic carbocycles. The fourth-order valence-electron chi connectivity index (χ4n) is 3.96. The van der Waals surface area contributed by atoms with Crippen molar-refractivity contribution in [3.63, 3.8) is 0 Å². The highest BCUT2D eigenvalue weighted by Crippen LogP contribution is 2.31. The van der Waals surface area contributed by atoms with E-state index in [4.69, 9.17) is 4.42 Å². The lowest BCUT2D eigenvalue weighted by atomic mass is 10.0. The van der Waals surface area contributed by atoms with E-state index in [-0.39, 0.29) is 16.8 Å². The zero-order valence-corrected chi connectivity index (χ0v) is 19.0. The minimum atomic E-state index is -3.70. The Morgan fingerprint density at radius 3 is 2.53 bits per heavy atom. The molecule has 0 saturated heterocycles. The van der Waals surface area contributed by atoms with Gasteiger partial charge in [0.05, 0.1) is 22.9 Å². The second kappa shape index (κ2) is 9.18. The van der Waals surface area contributed by atoms with Gasteiger partial charge in [-0.3, -0.25) is 14.0 Å². The van der Waals surface area contributed by atoms with Crippen LogP contribution >= 0.6 is 0 Å². The lowest BCUT2D eigenvalue weighted by Gasteiger charge is -2.30. The molecule has 0 bridgehead atoms. The van der Waals surface area contributed by atoms with Crippen molar-refractivity contribution >= 4 is 21.6 Å². The van der Waals surface area contributed by atoms with Crippen molar-refractivity contribution in [1.29, 1.82) is 0 Å². The highest BCUT2D eigenvalue weighted by atomic mass is 32.2. The number of nitrogens with one attached hydrogen (secondary N) is 1. The molecule has 4 rings (SSSR count). The van der Waals surface area contributed by atoms with Gasteiger partial charge in [0.2, 0.25) is 0 Å². The van der Waals surface area contributed by atoms with Crippen LogP contribution in [0, 0.1) is 0 Å². The molecule has 2 heterocycles. The summed E-state index contributed by atoms with van der Waals surface area (Å²) >= 11 is 0. The number of para-hydroxylation sites is 1. The van der Waals surface area contributed by atoms with Gasteiger partial charge in [0.1, 0.15) is 5.76 Å². The molecule has 1 aliphatic rings. The zero-order valence-electron chi connectivity index (χ0n) is 18.2. The average molecular weight is 454 g/mol. The van der Waals surface area contributed by atoms with E-state index in [0.717, 1.165) is 29.9 Å². The average Bonchev–Trinajstić information content (AvgIpc) is 3.33. The van der Waals surface area contributed by atoms with Gasteiger partial charge in [-0.2, -0.15) is 0 Å². The quantitative estimate of drug-likeness (QED) is 0.593. The van der Waals surface area contributed by atoms with Gasteiger partial charge >= 0.3 is 0 Å². The molecule has 1 N–H and O–H groups in total. The Morgan fingerprint density at radius 2 is 1.84 bits per heavy atom. The summed E-state index contributed by atoms with van der Waals surface area (Å²) in [5, 5.41) is 2.90. The molecule has 0 aliphatic carbocycles. The molecule has 1 amide bonds. The maximum Gasteiger partial charge on any atom is 0.264 e. The largest absolute Gasteiger partial charge is 0.468 e. The van der Waals surface area contributed by atoms with E-state index in [1.807, 2.05) is 55.4 Å². The number of sulfonamides is 1. The van der Waals surface area contributed by atoms with Gasteiger partial charge in [-0.25, -0.2) is 8.42 Å². The summed E-state index contributed by atoms with van der Waals surface area (Å²) in [6, 6.07) is 17.3. The van der Waals surface area contributed by atoms with Gasteiger partial charge in [-0.1, -0.05) is 18.2 Å². The number of rotatable bonds is 7. The number of nitrogens with zero attached hydrogens (tertiary/aromatic N) is 2. The molecule has 0 spiro atoms. The predicted octanol–water partition coefficient (Wildman–Crippen LogP) is 3.45. The second-order valence-corrected chi connectivity index (χ2v) is 9.90. The Bertz CT molecular complexity index is 1170. The Morgan fingerprint density at radius 1 is 1.09 bits per heavy atom. The predicted molar refractivity (Wildman–Crippen MR) is 123 cm³/mol. The molecular weight excluding hydrogens is 426 g/mol. The van der Waals surface area contributed by atoms with Crippen LogP contribution in [0.2, 0.25) is 0 Å². The van der Waals surface area contributed by atoms with Crippen molar-refractivity contribution in [2.75, 3.05) is 31.5 Å². The Labute approximate surface area is 188 Å². The van der Waals surface area contributed by atoms with Crippen LogP contribution in [0.1, 0.15) is 34.1 Å². The molecule has 7 nitrogen and oxygen atoms in total. The van der Waals surface area contributed by atoms with Crippen molar-refractivity contribution < 1.29 is 17.6 Å². The summed E-state index contributed by atoms with van der Waals surface area (Å²) in [6.07, 6.45) is 3.25. The number of anilines is 1. The van der Waals surface area contributed by atoms with Gasteiger partial charge in [-0.15, -0.1) is 0 Å². The fraction of sp³-hybridized carbons (Fsp3) is 0.292. The zero-order chi connectivity index (χ0) is 22.7. The summed E-state index contributed by atoms with van der Waals surface area (Å²) in [5.41, 5.74) is 2.17. The molecule has 168 valence electrons. The smallest absolute Gasteiger partial charge is 0.264 e. The molecule has 8 heteroatoms. The Kier molecular flexibility index (Phi) is 6.34. The summed E-state index contributed by atoms with van der Waals surface area (Å²) in [6.45, 7) is 0.810. The van der Waals surface area contributed by atoms with Crippen LogP contribution in [0.25, 0.3) is 0 Å². The minimum absolute atomic E-state index is 0.104. The van der Waals surface area contributed by atoms with E-state index in [9.17, 15) is 13.2 Å².